The third kappa shape index (κ3) is 3.18. The van der Waals surface area contributed by atoms with Crippen molar-refractivity contribution < 1.29 is 4.39 Å². The van der Waals surface area contributed by atoms with E-state index < -0.39 is 6.04 Å². The fourth-order valence-electron chi connectivity index (χ4n) is 3.84. The lowest BCUT2D eigenvalue weighted by molar-refractivity contribution is 0.564. The van der Waals surface area contributed by atoms with E-state index in [-0.39, 0.29) is 16.8 Å². The van der Waals surface area contributed by atoms with Gasteiger partial charge in [-0.05, 0) is 51.2 Å². The summed E-state index contributed by atoms with van der Waals surface area (Å²) >= 11 is 0. The average molecular weight is 417 g/mol. The molecule has 1 aliphatic rings. The number of anilines is 2. The maximum Gasteiger partial charge on any atom is 0.288 e. The zero-order chi connectivity index (χ0) is 21.8. The predicted molar refractivity (Wildman–Crippen MR) is 114 cm³/mol. The summed E-state index contributed by atoms with van der Waals surface area (Å²) in [6.45, 7) is 6.45. The van der Waals surface area contributed by atoms with E-state index in [0.29, 0.717) is 28.5 Å². The molecule has 5 rings (SSSR count). The fourth-order valence-corrected chi connectivity index (χ4v) is 3.84. The molecule has 156 valence electrons. The first-order valence-electron chi connectivity index (χ1n) is 9.87. The van der Waals surface area contributed by atoms with Gasteiger partial charge in [-0.2, -0.15) is 9.78 Å². The molecule has 0 radical (unpaired) electrons. The van der Waals surface area contributed by atoms with Crippen LogP contribution in [0.1, 0.15) is 43.5 Å². The summed E-state index contributed by atoms with van der Waals surface area (Å²) in [7, 11) is 0. The summed E-state index contributed by atoms with van der Waals surface area (Å²) in [5, 5.41) is 21.8. The number of H-pyrrole nitrogens is 1. The molecule has 0 saturated carbocycles. The summed E-state index contributed by atoms with van der Waals surface area (Å²) in [6.07, 6.45) is 0. The standard InChI is InChI=1S/C22H20FN7O/c1-22(2,3)14-8-4-13(5-9-14)19-16-17(12-6-10-15(23)11-7-12)25-26-20(31)18(16)24-21-27-28-29-30(19)21/h4-11,19H,1-3H3,(H,26,31)(H,24,27,29). The van der Waals surface area contributed by atoms with Crippen LogP contribution in [0.5, 0.6) is 0 Å². The average Bonchev–Trinajstić information content (AvgIpc) is 3.21. The van der Waals surface area contributed by atoms with Crippen LogP contribution in [0.3, 0.4) is 0 Å². The van der Waals surface area contributed by atoms with Crippen LogP contribution in [0.2, 0.25) is 0 Å². The highest BCUT2D eigenvalue weighted by Crippen LogP contribution is 2.41. The molecule has 3 heterocycles. The summed E-state index contributed by atoms with van der Waals surface area (Å²) in [6, 6.07) is 13.7. The van der Waals surface area contributed by atoms with Crippen LogP contribution < -0.4 is 10.9 Å². The molecule has 0 aliphatic carbocycles. The molecule has 0 fully saturated rings. The van der Waals surface area contributed by atoms with Crippen LogP contribution in [0.15, 0.2) is 53.3 Å². The number of rotatable bonds is 2. The van der Waals surface area contributed by atoms with Gasteiger partial charge in [0.1, 0.15) is 17.5 Å². The Kier molecular flexibility index (Phi) is 4.21. The molecule has 1 aliphatic heterocycles. The van der Waals surface area contributed by atoms with Gasteiger partial charge < -0.3 is 5.32 Å². The first-order valence-corrected chi connectivity index (χ1v) is 9.87. The Morgan fingerprint density at radius 2 is 1.74 bits per heavy atom. The topological polar surface area (TPSA) is 101 Å². The Balaban J connectivity index is 1.75. The van der Waals surface area contributed by atoms with Crippen molar-refractivity contribution in [2.24, 2.45) is 0 Å². The summed E-state index contributed by atoms with van der Waals surface area (Å²) in [4.78, 5) is 12.7. The van der Waals surface area contributed by atoms with Crippen LogP contribution in [0, 0.1) is 5.82 Å². The Morgan fingerprint density at radius 1 is 1.03 bits per heavy atom. The van der Waals surface area contributed by atoms with Gasteiger partial charge in [0, 0.05) is 11.1 Å². The van der Waals surface area contributed by atoms with Gasteiger partial charge in [-0.15, -0.1) is 0 Å². The SMILES string of the molecule is CC(C)(C)c1ccc(C2c3c(-c4ccc(F)cc4)n[nH]c(=O)c3Nc3nnnn32)cc1. The van der Waals surface area contributed by atoms with Crippen molar-refractivity contribution in [3.63, 3.8) is 0 Å². The number of nitrogens with zero attached hydrogens (tertiary/aromatic N) is 5. The molecule has 0 bridgehead atoms. The summed E-state index contributed by atoms with van der Waals surface area (Å²) < 4.78 is 15.1. The number of tetrazole rings is 1. The van der Waals surface area contributed by atoms with E-state index in [9.17, 15) is 9.18 Å². The Morgan fingerprint density at radius 3 is 2.42 bits per heavy atom. The maximum absolute atomic E-state index is 13.5. The van der Waals surface area contributed by atoms with Crippen molar-refractivity contribution in [2.75, 3.05) is 5.32 Å². The number of benzene rings is 2. The van der Waals surface area contributed by atoms with E-state index in [1.807, 2.05) is 12.1 Å². The van der Waals surface area contributed by atoms with Crippen molar-refractivity contribution in [1.82, 2.24) is 30.4 Å². The Labute approximate surface area is 177 Å². The number of halogens is 1. The molecular weight excluding hydrogens is 397 g/mol. The maximum atomic E-state index is 13.5. The molecule has 4 aromatic rings. The van der Waals surface area contributed by atoms with Crippen LogP contribution in [0.4, 0.5) is 16.0 Å². The van der Waals surface area contributed by atoms with Crippen molar-refractivity contribution in [3.05, 3.63) is 81.4 Å². The lowest BCUT2D eigenvalue weighted by Crippen LogP contribution is -2.29. The van der Waals surface area contributed by atoms with E-state index >= 15 is 0 Å². The molecule has 31 heavy (non-hydrogen) atoms. The second kappa shape index (κ2) is 6.83. The summed E-state index contributed by atoms with van der Waals surface area (Å²) in [5.74, 6) is 0.0106. The van der Waals surface area contributed by atoms with E-state index in [1.165, 1.54) is 17.7 Å². The minimum absolute atomic E-state index is 0.00248. The predicted octanol–water partition coefficient (Wildman–Crippen LogP) is 3.55. The van der Waals surface area contributed by atoms with Gasteiger partial charge in [0.2, 0.25) is 5.95 Å². The molecule has 1 atom stereocenters. The molecule has 8 nitrogen and oxygen atoms in total. The third-order valence-corrected chi connectivity index (χ3v) is 5.48. The second-order valence-corrected chi connectivity index (χ2v) is 8.54. The first-order chi connectivity index (χ1) is 14.8. The largest absolute Gasteiger partial charge is 0.318 e. The summed E-state index contributed by atoms with van der Waals surface area (Å²) in [5.41, 5.74) is 3.84. The number of aromatic nitrogens is 6. The van der Waals surface area contributed by atoms with Crippen LogP contribution in [-0.2, 0) is 5.41 Å². The fraction of sp³-hybridized carbons (Fsp3) is 0.227. The van der Waals surface area contributed by atoms with Crippen molar-refractivity contribution in [2.45, 2.75) is 32.2 Å². The van der Waals surface area contributed by atoms with E-state index in [1.54, 1.807) is 16.8 Å². The molecule has 2 aromatic heterocycles. The Bertz CT molecular complexity index is 1320. The normalized spacial score (nSPS) is 15.2. The minimum Gasteiger partial charge on any atom is -0.318 e. The molecule has 0 spiro atoms. The molecular formula is C22H20FN7O. The molecule has 2 aromatic carbocycles. The van der Waals surface area contributed by atoms with E-state index in [2.05, 4.69) is 63.9 Å². The van der Waals surface area contributed by atoms with Crippen LogP contribution in [-0.4, -0.2) is 30.4 Å². The van der Waals surface area contributed by atoms with Gasteiger partial charge in [-0.3, -0.25) is 4.79 Å². The van der Waals surface area contributed by atoms with Gasteiger partial charge in [0.05, 0.1) is 5.69 Å². The van der Waals surface area contributed by atoms with Crippen molar-refractivity contribution in [1.29, 1.82) is 0 Å². The molecule has 1 unspecified atom stereocenters. The smallest absolute Gasteiger partial charge is 0.288 e. The number of hydrogen-bond acceptors (Lipinski definition) is 6. The third-order valence-electron chi connectivity index (χ3n) is 5.48. The van der Waals surface area contributed by atoms with Gasteiger partial charge in [0.15, 0.2) is 0 Å². The van der Waals surface area contributed by atoms with Crippen molar-refractivity contribution in [3.8, 4) is 11.3 Å². The highest BCUT2D eigenvalue weighted by molar-refractivity contribution is 5.75. The van der Waals surface area contributed by atoms with Gasteiger partial charge >= 0.3 is 0 Å². The lowest BCUT2D eigenvalue weighted by Gasteiger charge is -2.28. The van der Waals surface area contributed by atoms with Crippen LogP contribution >= 0.6 is 0 Å². The molecule has 2 N–H and O–H groups in total. The number of hydrogen-bond donors (Lipinski definition) is 2. The van der Waals surface area contributed by atoms with Gasteiger partial charge in [-0.25, -0.2) is 9.49 Å². The lowest BCUT2D eigenvalue weighted by atomic mass is 9.85. The van der Waals surface area contributed by atoms with E-state index in [4.69, 9.17) is 0 Å². The Hall–Kier alpha value is -3.88. The molecule has 0 saturated heterocycles. The quantitative estimate of drug-likeness (QED) is 0.455. The minimum atomic E-state index is -0.481. The highest BCUT2D eigenvalue weighted by atomic mass is 19.1. The second-order valence-electron chi connectivity index (χ2n) is 8.54. The zero-order valence-corrected chi connectivity index (χ0v) is 17.2. The van der Waals surface area contributed by atoms with Gasteiger partial charge in [0.25, 0.3) is 5.56 Å². The van der Waals surface area contributed by atoms with Crippen molar-refractivity contribution >= 4 is 11.6 Å². The number of aromatic amines is 1. The molecule has 0 amide bonds. The molecule has 9 heteroatoms. The van der Waals surface area contributed by atoms with Gasteiger partial charge in [-0.1, -0.05) is 50.1 Å². The zero-order valence-electron chi connectivity index (χ0n) is 17.2. The first kappa shape index (κ1) is 19.1. The number of fused-ring (bicyclic) bond motifs is 2. The highest BCUT2D eigenvalue weighted by Gasteiger charge is 2.34. The monoisotopic (exact) mass is 417 g/mol. The number of nitrogens with one attached hydrogen (secondary N) is 2. The van der Waals surface area contributed by atoms with E-state index in [0.717, 1.165) is 5.56 Å². The van der Waals surface area contributed by atoms with Crippen LogP contribution in [0.25, 0.3) is 11.3 Å².